The largest absolute Gasteiger partial charge is 0.465 e. The molecule has 7 heteroatoms. The summed E-state index contributed by atoms with van der Waals surface area (Å²) in [5.74, 6) is 4.85. The molecule has 51 heavy (non-hydrogen) atoms. The SMILES string of the molecule is CC(C)(C)COC(=O)C12CC3CC(C1)C1(OCC(CCC(=O)C45CC6CC(CC(C6)C4)C5)(COC(=O)C45CC6CC(CC(C6)C4)C5)CO1)C(C3)C2. The van der Waals surface area contributed by atoms with Gasteiger partial charge in [-0.15, -0.1) is 0 Å². The average Bonchev–Trinajstić information content (AvgIpc) is 3.06. The van der Waals surface area contributed by atoms with Crippen LogP contribution in [0.4, 0.5) is 0 Å². The van der Waals surface area contributed by atoms with Gasteiger partial charge in [0.05, 0.1) is 36.1 Å². The van der Waals surface area contributed by atoms with E-state index in [0.717, 1.165) is 88.4 Å². The summed E-state index contributed by atoms with van der Waals surface area (Å²) >= 11 is 0. The van der Waals surface area contributed by atoms with Crippen LogP contribution in [0.5, 0.6) is 0 Å². The number of hydrogen-bond donors (Lipinski definition) is 0. The van der Waals surface area contributed by atoms with Gasteiger partial charge >= 0.3 is 11.9 Å². The van der Waals surface area contributed by atoms with E-state index < -0.39 is 16.6 Å². The second-order valence-electron chi connectivity index (χ2n) is 22.5. The minimum Gasteiger partial charge on any atom is -0.465 e. The van der Waals surface area contributed by atoms with Gasteiger partial charge in [0.1, 0.15) is 12.4 Å². The van der Waals surface area contributed by atoms with Gasteiger partial charge in [-0.1, -0.05) is 20.8 Å². The molecule has 1 heterocycles. The van der Waals surface area contributed by atoms with Crippen molar-refractivity contribution >= 4 is 17.7 Å². The first-order valence-corrected chi connectivity index (χ1v) is 21.4. The number of hydrogen-bond acceptors (Lipinski definition) is 7. The third-order valence-corrected chi connectivity index (χ3v) is 17.1. The topological polar surface area (TPSA) is 88.1 Å². The van der Waals surface area contributed by atoms with Crippen molar-refractivity contribution in [2.75, 3.05) is 26.4 Å². The number of carbonyl (C=O) groups is 3. The van der Waals surface area contributed by atoms with Crippen LogP contribution < -0.4 is 0 Å². The highest BCUT2D eigenvalue weighted by molar-refractivity contribution is 5.85. The highest BCUT2D eigenvalue weighted by atomic mass is 16.7. The van der Waals surface area contributed by atoms with E-state index in [1.807, 2.05) is 0 Å². The first-order chi connectivity index (χ1) is 24.3. The number of carbonyl (C=O) groups excluding carboxylic acids is 3. The summed E-state index contributed by atoms with van der Waals surface area (Å²) in [7, 11) is 0. The summed E-state index contributed by atoms with van der Waals surface area (Å²) in [6.45, 7) is 7.96. The molecule has 1 spiro atoms. The summed E-state index contributed by atoms with van der Waals surface area (Å²) in [6, 6.07) is 0. The molecule has 0 aromatic heterocycles. The lowest BCUT2D eigenvalue weighted by Crippen LogP contribution is -2.68. The number of rotatable bonds is 9. The van der Waals surface area contributed by atoms with Crippen molar-refractivity contribution in [3.8, 4) is 0 Å². The Morgan fingerprint density at radius 1 is 0.569 bits per heavy atom. The standard InChI is InChI=1S/C44H64O7/c1-39(2,3)23-48-38(47)43-20-33-12-34(21-43)44(35(13-33)22-43)50-25-40(26-51-44,5-4-36(45)41-14-27-6-28(15-41)8-29(7-27)16-41)24-49-37(46)42-17-30-9-31(18-42)11-32(10-30)19-42/h27-35H,4-26H2,1-3H3. The molecule has 13 fully saturated rings. The molecule has 282 valence electrons. The van der Waals surface area contributed by atoms with Crippen LogP contribution in [0.3, 0.4) is 0 Å². The Labute approximate surface area is 305 Å². The van der Waals surface area contributed by atoms with Gasteiger partial charge in [-0.3, -0.25) is 14.4 Å². The van der Waals surface area contributed by atoms with Crippen LogP contribution in [0.2, 0.25) is 0 Å². The van der Waals surface area contributed by atoms with E-state index in [1.165, 1.54) is 38.5 Å². The second-order valence-corrected chi connectivity index (χ2v) is 22.5. The minimum absolute atomic E-state index is 0.0130. The number of ketones is 1. The van der Waals surface area contributed by atoms with Gasteiger partial charge < -0.3 is 18.9 Å². The lowest BCUT2D eigenvalue weighted by Gasteiger charge is -2.65. The van der Waals surface area contributed by atoms with Crippen molar-refractivity contribution in [1.29, 1.82) is 0 Å². The average molecular weight is 705 g/mol. The van der Waals surface area contributed by atoms with Gasteiger partial charge in [-0.05, 0) is 162 Å². The fraction of sp³-hybridized carbons (Fsp3) is 0.932. The Morgan fingerprint density at radius 3 is 1.45 bits per heavy atom. The zero-order valence-corrected chi connectivity index (χ0v) is 31.8. The molecule has 12 bridgehead atoms. The maximum atomic E-state index is 14.3. The van der Waals surface area contributed by atoms with Gasteiger partial charge in [0, 0.05) is 23.7 Å². The van der Waals surface area contributed by atoms with Gasteiger partial charge in [0.25, 0.3) is 0 Å². The molecule has 2 unspecified atom stereocenters. The molecule has 0 radical (unpaired) electrons. The highest BCUT2D eigenvalue weighted by Gasteiger charge is 2.68. The molecular formula is C44H64O7. The molecule has 12 saturated carbocycles. The van der Waals surface area contributed by atoms with E-state index in [1.54, 1.807) is 0 Å². The van der Waals surface area contributed by atoms with Crippen LogP contribution in [0.15, 0.2) is 0 Å². The Bertz CT molecular complexity index is 1290. The monoisotopic (exact) mass is 704 g/mol. The van der Waals surface area contributed by atoms with Crippen LogP contribution in [0.1, 0.15) is 143 Å². The smallest absolute Gasteiger partial charge is 0.312 e. The fourth-order valence-electron chi connectivity index (χ4n) is 15.8. The molecule has 0 N–H and O–H groups in total. The van der Waals surface area contributed by atoms with Crippen molar-refractivity contribution in [2.45, 2.75) is 149 Å². The molecule has 0 amide bonds. The molecule has 13 rings (SSSR count). The third kappa shape index (κ3) is 5.55. The van der Waals surface area contributed by atoms with E-state index in [2.05, 4.69) is 20.8 Å². The summed E-state index contributed by atoms with van der Waals surface area (Å²) in [5.41, 5.74) is -1.44. The Balaban J connectivity index is 0.862. The van der Waals surface area contributed by atoms with Crippen molar-refractivity contribution in [3.05, 3.63) is 0 Å². The summed E-state index contributed by atoms with van der Waals surface area (Å²) in [4.78, 5) is 42.2. The van der Waals surface area contributed by atoms with E-state index in [0.29, 0.717) is 62.1 Å². The molecule has 0 aromatic carbocycles. The lowest BCUT2D eigenvalue weighted by molar-refractivity contribution is -0.389. The fourth-order valence-corrected chi connectivity index (χ4v) is 15.8. The van der Waals surface area contributed by atoms with Gasteiger partial charge in [0.15, 0.2) is 5.79 Å². The molecule has 7 nitrogen and oxygen atoms in total. The highest BCUT2D eigenvalue weighted by Crippen LogP contribution is 2.67. The zero-order valence-electron chi connectivity index (χ0n) is 31.8. The third-order valence-electron chi connectivity index (χ3n) is 17.1. The zero-order chi connectivity index (χ0) is 35.0. The molecule has 12 aliphatic carbocycles. The number of ether oxygens (including phenoxy) is 4. The van der Waals surface area contributed by atoms with E-state index in [-0.39, 0.29) is 46.6 Å². The Kier molecular flexibility index (Phi) is 7.70. The lowest BCUT2D eigenvalue weighted by atomic mass is 9.47. The van der Waals surface area contributed by atoms with Crippen LogP contribution >= 0.6 is 0 Å². The summed E-state index contributed by atoms with van der Waals surface area (Å²) < 4.78 is 26.6. The summed E-state index contributed by atoms with van der Waals surface area (Å²) in [5, 5.41) is 0. The first kappa shape index (κ1) is 34.1. The molecule has 1 aliphatic heterocycles. The Morgan fingerprint density at radius 2 is 0.980 bits per heavy atom. The molecular weight excluding hydrogens is 640 g/mol. The minimum atomic E-state index is -0.692. The molecule has 0 aromatic rings. The molecule has 13 aliphatic rings. The van der Waals surface area contributed by atoms with Crippen LogP contribution in [-0.4, -0.2) is 49.9 Å². The summed E-state index contributed by atoms with van der Waals surface area (Å²) in [6.07, 6.45) is 19.8. The number of Topliss-reactive ketones (excluding diaryl/α,β-unsaturated/α-hetero) is 1. The quantitative estimate of drug-likeness (QED) is 0.223. The van der Waals surface area contributed by atoms with Crippen molar-refractivity contribution in [2.24, 2.45) is 80.3 Å². The van der Waals surface area contributed by atoms with E-state index in [4.69, 9.17) is 18.9 Å². The second kappa shape index (κ2) is 11.5. The predicted molar refractivity (Wildman–Crippen MR) is 190 cm³/mol. The van der Waals surface area contributed by atoms with Gasteiger partial charge in [-0.2, -0.15) is 0 Å². The maximum Gasteiger partial charge on any atom is 0.312 e. The van der Waals surface area contributed by atoms with Gasteiger partial charge in [0.2, 0.25) is 0 Å². The van der Waals surface area contributed by atoms with Crippen molar-refractivity contribution < 1.29 is 33.3 Å². The predicted octanol–water partition coefficient (Wildman–Crippen LogP) is 8.46. The normalized spacial score (nSPS) is 51.3. The van der Waals surface area contributed by atoms with Crippen molar-refractivity contribution in [1.82, 2.24) is 0 Å². The van der Waals surface area contributed by atoms with Crippen molar-refractivity contribution in [3.63, 3.8) is 0 Å². The first-order valence-electron chi connectivity index (χ1n) is 21.4. The molecule has 1 saturated heterocycles. The van der Waals surface area contributed by atoms with E-state index >= 15 is 0 Å². The van der Waals surface area contributed by atoms with Crippen LogP contribution in [-0.2, 0) is 33.3 Å². The van der Waals surface area contributed by atoms with Crippen LogP contribution in [0, 0.1) is 80.3 Å². The Hall–Kier alpha value is -1.47. The maximum absolute atomic E-state index is 14.3. The molecule has 2 atom stereocenters. The van der Waals surface area contributed by atoms with Gasteiger partial charge in [-0.25, -0.2) is 0 Å². The van der Waals surface area contributed by atoms with E-state index in [9.17, 15) is 14.4 Å². The number of esters is 2. The van der Waals surface area contributed by atoms with Crippen LogP contribution in [0.25, 0.3) is 0 Å².